The average molecular weight is 327 g/mol. The molecule has 2 rings (SSSR count). The van der Waals surface area contributed by atoms with Gasteiger partial charge < -0.3 is 5.32 Å². The van der Waals surface area contributed by atoms with Crippen molar-refractivity contribution in [3.63, 3.8) is 0 Å². The highest BCUT2D eigenvalue weighted by Crippen LogP contribution is 2.37. The minimum absolute atomic E-state index is 0.123. The van der Waals surface area contributed by atoms with Crippen LogP contribution in [0.1, 0.15) is 38.7 Å². The van der Waals surface area contributed by atoms with Crippen LogP contribution in [0.2, 0.25) is 0 Å². The fourth-order valence-electron chi connectivity index (χ4n) is 2.66. The third kappa shape index (κ3) is 3.76. The molecule has 1 atom stereocenters. The fourth-order valence-corrected chi connectivity index (χ4v) is 3.16. The Kier molecular flexibility index (Phi) is 4.26. The second-order valence-corrected chi connectivity index (χ2v) is 6.87. The molecule has 0 aromatic heterocycles. The first-order valence-corrected chi connectivity index (χ1v) is 7.33. The predicted molar refractivity (Wildman–Crippen MR) is 79.1 cm³/mol. The third-order valence-electron chi connectivity index (χ3n) is 3.80. The number of hydrogen-bond donors (Lipinski definition) is 1. The van der Waals surface area contributed by atoms with E-state index < -0.39 is 0 Å². The topological polar surface area (TPSA) is 55.2 Å². The van der Waals surface area contributed by atoms with E-state index in [-0.39, 0.29) is 10.6 Å². The van der Waals surface area contributed by atoms with E-state index in [1.54, 1.807) is 12.1 Å². The van der Waals surface area contributed by atoms with E-state index in [9.17, 15) is 10.1 Å². The van der Waals surface area contributed by atoms with E-state index in [1.807, 2.05) is 6.07 Å². The van der Waals surface area contributed by atoms with Crippen LogP contribution in [0.25, 0.3) is 0 Å². The SMILES string of the molecule is CC1(C)CCC(NCc2ccc([N+](=O)[O-])cc2Br)C1. The molecule has 4 nitrogen and oxygen atoms in total. The van der Waals surface area contributed by atoms with Gasteiger partial charge in [-0.05, 0) is 36.3 Å². The summed E-state index contributed by atoms with van der Waals surface area (Å²) < 4.78 is 0.798. The van der Waals surface area contributed by atoms with Gasteiger partial charge in [-0.1, -0.05) is 29.8 Å². The number of nitro groups is 1. The molecular weight excluding hydrogens is 308 g/mol. The number of hydrogen-bond acceptors (Lipinski definition) is 3. The standard InChI is InChI=1S/C14H19BrN2O2/c1-14(2)6-5-11(8-14)16-9-10-3-4-12(17(18)19)7-13(10)15/h3-4,7,11,16H,5-6,8-9H2,1-2H3. The molecule has 0 spiro atoms. The molecular formula is C14H19BrN2O2. The molecule has 19 heavy (non-hydrogen) atoms. The fraction of sp³-hybridized carbons (Fsp3) is 0.571. The first kappa shape index (κ1) is 14.5. The summed E-state index contributed by atoms with van der Waals surface area (Å²) in [6, 6.07) is 5.49. The van der Waals surface area contributed by atoms with Gasteiger partial charge in [-0.3, -0.25) is 10.1 Å². The smallest absolute Gasteiger partial charge is 0.270 e. The molecule has 104 valence electrons. The Labute approximate surface area is 121 Å². The molecule has 1 aliphatic carbocycles. The molecule has 1 N–H and O–H groups in total. The van der Waals surface area contributed by atoms with Crippen LogP contribution >= 0.6 is 15.9 Å². The molecule has 1 unspecified atom stereocenters. The van der Waals surface area contributed by atoms with Crippen molar-refractivity contribution in [2.45, 2.75) is 45.7 Å². The van der Waals surface area contributed by atoms with Gasteiger partial charge >= 0.3 is 0 Å². The molecule has 1 saturated carbocycles. The Morgan fingerprint density at radius 2 is 2.26 bits per heavy atom. The summed E-state index contributed by atoms with van der Waals surface area (Å²) in [6.07, 6.45) is 3.65. The van der Waals surface area contributed by atoms with Crippen molar-refractivity contribution in [1.29, 1.82) is 0 Å². The Morgan fingerprint density at radius 1 is 1.53 bits per heavy atom. The normalized spacial score (nSPS) is 21.5. The highest BCUT2D eigenvalue weighted by atomic mass is 79.9. The molecule has 0 heterocycles. The van der Waals surface area contributed by atoms with Crippen LogP contribution in [0, 0.1) is 15.5 Å². The number of nitro benzene ring substituents is 1. The maximum Gasteiger partial charge on any atom is 0.270 e. The number of non-ortho nitro benzene ring substituents is 1. The summed E-state index contributed by atoms with van der Waals surface area (Å²) in [4.78, 5) is 10.3. The van der Waals surface area contributed by atoms with E-state index in [4.69, 9.17) is 0 Å². The highest BCUT2D eigenvalue weighted by molar-refractivity contribution is 9.10. The van der Waals surface area contributed by atoms with Gasteiger partial charge in [0.15, 0.2) is 0 Å². The second-order valence-electron chi connectivity index (χ2n) is 6.02. The number of rotatable bonds is 4. The number of benzene rings is 1. The zero-order valence-corrected chi connectivity index (χ0v) is 12.9. The van der Waals surface area contributed by atoms with Crippen LogP contribution < -0.4 is 5.32 Å². The molecule has 0 aliphatic heterocycles. The minimum atomic E-state index is -0.374. The van der Waals surface area contributed by atoms with Gasteiger partial charge in [0.25, 0.3) is 5.69 Å². The largest absolute Gasteiger partial charge is 0.310 e. The molecule has 1 fully saturated rings. The summed E-state index contributed by atoms with van der Waals surface area (Å²) in [5.74, 6) is 0. The summed E-state index contributed by atoms with van der Waals surface area (Å²) in [5, 5.41) is 14.2. The van der Waals surface area contributed by atoms with Crippen molar-refractivity contribution in [3.8, 4) is 0 Å². The van der Waals surface area contributed by atoms with Crippen LogP contribution in [-0.2, 0) is 6.54 Å². The van der Waals surface area contributed by atoms with Crippen LogP contribution in [-0.4, -0.2) is 11.0 Å². The van der Waals surface area contributed by atoms with E-state index in [0.717, 1.165) is 16.6 Å². The van der Waals surface area contributed by atoms with Crippen molar-refractivity contribution in [3.05, 3.63) is 38.3 Å². The van der Waals surface area contributed by atoms with E-state index >= 15 is 0 Å². The van der Waals surface area contributed by atoms with Crippen molar-refractivity contribution in [1.82, 2.24) is 5.32 Å². The zero-order chi connectivity index (χ0) is 14.0. The lowest BCUT2D eigenvalue weighted by atomic mass is 9.92. The van der Waals surface area contributed by atoms with Crippen LogP contribution in [0.3, 0.4) is 0 Å². The Morgan fingerprint density at radius 3 is 2.79 bits per heavy atom. The lowest BCUT2D eigenvalue weighted by Gasteiger charge is -2.18. The quantitative estimate of drug-likeness (QED) is 0.671. The van der Waals surface area contributed by atoms with Gasteiger partial charge in [0.1, 0.15) is 0 Å². The van der Waals surface area contributed by atoms with Gasteiger partial charge in [0, 0.05) is 29.2 Å². The van der Waals surface area contributed by atoms with Crippen LogP contribution in [0.15, 0.2) is 22.7 Å². The maximum atomic E-state index is 10.7. The average Bonchev–Trinajstić information content (AvgIpc) is 2.67. The molecule has 5 heteroatoms. The summed E-state index contributed by atoms with van der Waals surface area (Å²) in [7, 11) is 0. The molecule has 0 saturated heterocycles. The predicted octanol–water partition coefficient (Wildman–Crippen LogP) is 4.03. The first-order valence-electron chi connectivity index (χ1n) is 6.54. The van der Waals surface area contributed by atoms with Gasteiger partial charge in [-0.2, -0.15) is 0 Å². The third-order valence-corrected chi connectivity index (χ3v) is 4.54. The Balaban J connectivity index is 1.95. The molecule has 1 aliphatic rings. The molecule has 1 aromatic carbocycles. The van der Waals surface area contributed by atoms with Gasteiger partial charge in [-0.15, -0.1) is 0 Å². The lowest BCUT2D eigenvalue weighted by molar-refractivity contribution is -0.384. The number of nitrogens with zero attached hydrogens (tertiary/aromatic N) is 1. The number of nitrogens with one attached hydrogen (secondary N) is 1. The van der Waals surface area contributed by atoms with Gasteiger partial charge in [-0.25, -0.2) is 0 Å². The summed E-state index contributed by atoms with van der Waals surface area (Å²) >= 11 is 3.40. The highest BCUT2D eigenvalue weighted by Gasteiger charge is 2.30. The second kappa shape index (κ2) is 5.59. The summed E-state index contributed by atoms with van der Waals surface area (Å²) in [6.45, 7) is 5.35. The minimum Gasteiger partial charge on any atom is -0.310 e. The Hall–Kier alpha value is -0.940. The van der Waals surface area contributed by atoms with Crippen molar-refractivity contribution in [2.24, 2.45) is 5.41 Å². The molecule has 1 aromatic rings. The van der Waals surface area contributed by atoms with Gasteiger partial charge in [0.05, 0.1) is 4.92 Å². The summed E-state index contributed by atoms with van der Waals surface area (Å²) in [5.41, 5.74) is 1.62. The zero-order valence-electron chi connectivity index (χ0n) is 11.3. The number of halogens is 1. The van der Waals surface area contributed by atoms with Crippen LogP contribution in [0.4, 0.5) is 5.69 Å². The van der Waals surface area contributed by atoms with E-state index in [2.05, 4.69) is 35.1 Å². The monoisotopic (exact) mass is 326 g/mol. The van der Waals surface area contributed by atoms with Crippen molar-refractivity contribution in [2.75, 3.05) is 0 Å². The molecule has 0 amide bonds. The van der Waals surface area contributed by atoms with Crippen molar-refractivity contribution < 1.29 is 4.92 Å². The molecule has 0 bridgehead atoms. The van der Waals surface area contributed by atoms with Gasteiger partial charge in [0.2, 0.25) is 0 Å². The molecule has 0 radical (unpaired) electrons. The Bertz CT molecular complexity index is 488. The van der Waals surface area contributed by atoms with Crippen molar-refractivity contribution >= 4 is 21.6 Å². The maximum absolute atomic E-state index is 10.7. The van der Waals surface area contributed by atoms with Crippen LogP contribution in [0.5, 0.6) is 0 Å². The first-order chi connectivity index (χ1) is 8.87. The lowest BCUT2D eigenvalue weighted by Crippen LogP contribution is -2.26. The van der Waals surface area contributed by atoms with E-state index in [1.165, 1.54) is 19.3 Å². The van der Waals surface area contributed by atoms with E-state index in [0.29, 0.717) is 11.5 Å².